The zero-order valence-corrected chi connectivity index (χ0v) is 26.8. The van der Waals surface area contributed by atoms with Gasteiger partial charge in [-0.05, 0) is 83.2 Å². The van der Waals surface area contributed by atoms with E-state index in [2.05, 4.69) is 21.4 Å². The van der Waals surface area contributed by atoms with E-state index < -0.39 is 5.60 Å². The second-order valence-electron chi connectivity index (χ2n) is 13.5. The maximum Gasteiger partial charge on any atom is 0.410 e. The summed E-state index contributed by atoms with van der Waals surface area (Å²) in [5, 5.41) is 5.34. The van der Waals surface area contributed by atoms with Gasteiger partial charge in [0, 0.05) is 48.3 Å². The first-order valence-corrected chi connectivity index (χ1v) is 16.2. The summed E-state index contributed by atoms with van der Waals surface area (Å²) >= 11 is 0. The van der Waals surface area contributed by atoms with Crippen LogP contribution in [0.25, 0.3) is 22.0 Å². The van der Waals surface area contributed by atoms with Gasteiger partial charge in [0.1, 0.15) is 11.4 Å². The minimum absolute atomic E-state index is 0.00790. The highest BCUT2D eigenvalue weighted by Crippen LogP contribution is 2.46. The maximum absolute atomic E-state index is 13.0. The van der Waals surface area contributed by atoms with E-state index in [0.717, 1.165) is 59.7 Å². The minimum atomic E-state index is -0.544. The molecule has 2 aliphatic heterocycles. The van der Waals surface area contributed by atoms with Crippen molar-refractivity contribution in [2.45, 2.75) is 77.5 Å². The highest BCUT2D eigenvalue weighted by molar-refractivity contribution is 6.10. The summed E-state index contributed by atoms with van der Waals surface area (Å²) in [5.74, 6) is 1.99. The van der Waals surface area contributed by atoms with Crippen LogP contribution in [0.1, 0.15) is 58.4 Å². The molecule has 0 unspecified atom stereocenters. The number of nitrogens with one attached hydrogen (secondary N) is 1. The number of hydrogen-bond donors (Lipinski definition) is 1. The predicted molar refractivity (Wildman–Crippen MR) is 177 cm³/mol. The predicted octanol–water partition coefficient (Wildman–Crippen LogP) is 7.12. The van der Waals surface area contributed by atoms with Crippen molar-refractivity contribution in [2.24, 2.45) is 5.92 Å². The maximum atomic E-state index is 13.0. The van der Waals surface area contributed by atoms with Crippen molar-refractivity contribution in [3.8, 4) is 22.9 Å². The molecule has 7 rings (SSSR count). The van der Waals surface area contributed by atoms with Gasteiger partial charge in [-0.3, -0.25) is 4.79 Å². The SMILES string of the molecule is Cc1ccc2c(N3C(=O)[C@H]4CCC[C@@H]43)cccc2c1Oc1ncccc1-c1ccnc(N[C@H]2CCCN(C(=O)OC(C)(C)C)C2)n1. The molecule has 10 nitrogen and oxygen atoms in total. The number of aromatic nitrogens is 3. The molecule has 3 fully saturated rings. The highest BCUT2D eigenvalue weighted by atomic mass is 16.6. The van der Waals surface area contributed by atoms with Gasteiger partial charge in [0.2, 0.25) is 17.7 Å². The standard InChI is InChI=1S/C36H40N6O4/c1-22-15-16-24-25(10-5-13-29(24)42-30-14-6-11-27(30)33(42)43)31(22)45-32-26(12-7-18-37-32)28-17-19-38-34(40-28)39-23-9-8-20-41(21-23)35(44)46-36(2,3)4/h5,7,10,12-13,15-19,23,27,30H,6,8-9,11,14,20-21H2,1-4H3,(H,38,39,40)/t23-,27-,30-/m0/s1. The van der Waals surface area contributed by atoms with Crippen LogP contribution in [-0.2, 0) is 9.53 Å². The summed E-state index contributed by atoms with van der Waals surface area (Å²) in [6.45, 7) is 8.81. The monoisotopic (exact) mass is 620 g/mol. The van der Waals surface area contributed by atoms with E-state index in [1.54, 1.807) is 17.3 Å². The molecule has 3 aliphatic rings. The Kier molecular flexibility index (Phi) is 7.74. The van der Waals surface area contributed by atoms with Gasteiger partial charge >= 0.3 is 6.09 Å². The molecule has 1 N–H and O–H groups in total. The molecule has 3 atom stereocenters. The quantitative estimate of drug-likeness (QED) is 0.227. The molecule has 1 aliphatic carbocycles. The Labute approximate surface area is 269 Å². The zero-order valence-electron chi connectivity index (χ0n) is 26.8. The van der Waals surface area contributed by atoms with Gasteiger partial charge in [0.25, 0.3) is 0 Å². The fourth-order valence-corrected chi connectivity index (χ4v) is 6.97. The molecule has 4 aromatic rings. The number of amides is 2. The molecule has 238 valence electrons. The van der Waals surface area contributed by atoms with E-state index in [1.807, 2.05) is 75.1 Å². The second-order valence-corrected chi connectivity index (χ2v) is 13.5. The number of pyridine rings is 1. The van der Waals surface area contributed by atoms with Gasteiger partial charge in [0.15, 0.2) is 0 Å². The van der Waals surface area contributed by atoms with Crippen LogP contribution in [0, 0.1) is 12.8 Å². The molecule has 2 aromatic heterocycles. The summed E-state index contributed by atoms with van der Waals surface area (Å²) < 4.78 is 12.2. The number of rotatable bonds is 6. The van der Waals surface area contributed by atoms with Crippen LogP contribution >= 0.6 is 0 Å². The Morgan fingerprint density at radius 1 is 0.957 bits per heavy atom. The highest BCUT2D eigenvalue weighted by Gasteiger charge is 2.50. The summed E-state index contributed by atoms with van der Waals surface area (Å²) in [6.07, 6.45) is 8.01. The Balaban J connectivity index is 1.14. The number of carbonyl (C=O) groups excluding carboxylic acids is 2. The Hall–Kier alpha value is -4.73. The van der Waals surface area contributed by atoms with Gasteiger partial charge in [-0.15, -0.1) is 0 Å². The number of piperidine rings is 1. The Morgan fingerprint density at radius 3 is 2.67 bits per heavy atom. The van der Waals surface area contributed by atoms with Crippen LogP contribution < -0.4 is 15.0 Å². The third kappa shape index (κ3) is 5.72. The first-order valence-electron chi connectivity index (χ1n) is 16.2. The summed E-state index contributed by atoms with van der Waals surface area (Å²) in [4.78, 5) is 43.4. The van der Waals surface area contributed by atoms with Crippen LogP contribution in [0.5, 0.6) is 11.6 Å². The van der Waals surface area contributed by atoms with Gasteiger partial charge in [-0.1, -0.05) is 30.7 Å². The van der Waals surface area contributed by atoms with Crippen molar-refractivity contribution in [1.29, 1.82) is 0 Å². The lowest BCUT2D eigenvalue weighted by Gasteiger charge is -2.44. The van der Waals surface area contributed by atoms with Crippen LogP contribution in [0.4, 0.5) is 16.4 Å². The average Bonchev–Trinajstić information content (AvgIpc) is 3.46. The Bertz CT molecular complexity index is 1800. The zero-order chi connectivity index (χ0) is 32.0. The number of carbonyl (C=O) groups is 2. The number of fused-ring (bicyclic) bond motifs is 2. The molecule has 1 saturated carbocycles. The van der Waals surface area contributed by atoms with Crippen molar-refractivity contribution in [3.05, 3.63) is 66.5 Å². The summed E-state index contributed by atoms with van der Waals surface area (Å²) in [6, 6.07) is 16.1. The van der Waals surface area contributed by atoms with Crippen LogP contribution in [0.15, 0.2) is 60.9 Å². The minimum Gasteiger partial charge on any atom is -0.444 e. The van der Waals surface area contributed by atoms with E-state index in [1.165, 1.54) is 0 Å². The lowest BCUT2D eigenvalue weighted by Crippen LogP contribution is -2.58. The smallest absolute Gasteiger partial charge is 0.410 e. The topological polar surface area (TPSA) is 110 Å². The average molecular weight is 621 g/mol. The van der Waals surface area contributed by atoms with E-state index in [9.17, 15) is 9.59 Å². The molecule has 2 aromatic carbocycles. The van der Waals surface area contributed by atoms with E-state index in [0.29, 0.717) is 42.4 Å². The first-order chi connectivity index (χ1) is 22.2. The molecule has 10 heteroatoms. The number of aryl methyl sites for hydroxylation is 1. The fourth-order valence-electron chi connectivity index (χ4n) is 6.97. The van der Waals surface area contributed by atoms with Crippen LogP contribution in [-0.4, -0.2) is 62.6 Å². The third-order valence-corrected chi connectivity index (χ3v) is 9.12. The van der Waals surface area contributed by atoms with Crippen molar-refractivity contribution < 1.29 is 19.1 Å². The molecule has 0 bridgehead atoms. The van der Waals surface area contributed by atoms with E-state index in [4.69, 9.17) is 14.5 Å². The first kappa shape index (κ1) is 30.0. The van der Waals surface area contributed by atoms with Gasteiger partial charge in [-0.2, -0.15) is 0 Å². The number of β-lactam (4-membered cyclic amide) rings is 1. The molecule has 2 amide bonds. The molecule has 0 spiro atoms. The number of ether oxygens (including phenoxy) is 2. The molecular formula is C36H40N6O4. The van der Waals surface area contributed by atoms with Gasteiger partial charge < -0.3 is 24.6 Å². The molecule has 46 heavy (non-hydrogen) atoms. The number of hydrogen-bond acceptors (Lipinski definition) is 8. The number of anilines is 2. The van der Waals surface area contributed by atoms with E-state index >= 15 is 0 Å². The largest absolute Gasteiger partial charge is 0.444 e. The molecular weight excluding hydrogens is 580 g/mol. The van der Waals surface area contributed by atoms with E-state index in [-0.39, 0.29) is 24.0 Å². The lowest BCUT2D eigenvalue weighted by atomic mass is 9.89. The van der Waals surface area contributed by atoms with Crippen LogP contribution in [0.2, 0.25) is 0 Å². The number of nitrogens with zero attached hydrogens (tertiary/aromatic N) is 5. The second kappa shape index (κ2) is 11.9. The number of likely N-dealkylation sites (tertiary alicyclic amines) is 1. The third-order valence-electron chi connectivity index (χ3n) is 9.12. The normalized spacial score (nSPS) is 21.1. The van der Waals surface area contributed by atoms with Crippen molar-refractivity contribution in [2.75, 3.05) is 23.3 Å². The lowest BCUT2D eigenvalue weighted by molar-refractivity contribution is -0.128. The van der Waals surface area contributed by atoms with Crippen LogP contribution in [0.3, 0.4) is 0 Å². The van der Waals surface area contributed by atoms with Crippen molar-refractivity contribution in [1.82, 2.24) is 19.9 Å². The molecule has 0 radical (unpaired) electrons. The fraction of sp³-hybridized carbons (Fsp3) is 0.417. The molecule has 2 saturated heterocycles. The van der Waals surface area contributed by atoms with Gasteiger partial charge in [-0.25, -0.2) is 19.7 Å². The summed E-state index contributed by atoms with van der Waals surface area (Å²) in [5.41, 5.74) is 2.75. The van der Waals surface area contributed by atoms with Crippen molar-refractivity contribution in [3.63, 3.8) is 0 Å². The van der Waals surface area contributed by atoms with Crippen molar-refractivity contribution >= 4 is 34.4 Å². The summed E-state index contributed by atoms with van der Waals surface area (Å²) in [7, 11) is 0. The van der Waals surface area contributed by atoms with Gasteiger partial charge in [0.05, 0.1) is 22.9 Å². The molecule has 4 heterocycles. The number of benzene rings is 2. The Morgan fingerprint density at radius 2 is 1.83 bits per heavy atom.